The predicted molar refractivity (Wildman–Crippen MR) is 75.2 cm³/mol. The molecule has 0 aliphatic rings. The Morgan fingerprint density at radius 1 is 0.933 bits per heavy atom. The van der Waals surface area contributed by atoms with E-state index in [1.807, 2.05) is 0 Å². The normalized spacial score (nSPS) is 10.3. The van der Waals surface area contributed by atoms with Gasteiger partial charge in [-0.05, 0) is 21.6 Å². The number of rotatable bonds is 6. The Labute approximate surface area is 113 Å². The van der Waals surface area contributed by atoms with Gasteiger partial charge in [-0.1, -0.05) is 21.6 Å². The summed E-state index contributed by atoms with van der Waals surface area (Å²) in [6, 6.07) is 0. The second-order valence-corrected chi connectivity index (χ2v) is 8.68. The molecule has 88 valence electrons. The van der Waals surface area contributed by atoms with Crippen LogP contribution in [-0.2, 0) is 8.37 Å². The standard InChI is InChI=1S/C5H8O4S6/c1-8-12-4(6)14-10-3-11-15-5(7)13-9-2/h3H2,1-2H3. The van der Waals surface area contributed by atoms with Crippen LogP contribution < -0.4 is 0 Å². The average Bonchev–Trinajstić information content (AvgIpc) is 2.18. The van der Waals surface area contributed by atoms with Crippen LogP contribution in [0.25, 0.3) is 0 Å². The molecule has 0 aliphatic heterocycles. The summed E-state index contributed by atoms with van der Waals surface area (Å²) < 4.78 is 8.94. The summed E-state index contributed by atoms with van der Waals surface area (Å²) >= 11 is 1.60. The van der Waals surface area contributed by atoms with Crippen molar-refractivity contribution in [2.75, 3.05) is 19.3 Å². The van der Waals surface area contributed by atoms with Crippen LogP contribution in [0.4, 0.5) is 9.59 Å². The van der Waals surface area contributed by atoms with E-state index >= 15 is 0 Å². The highest BCUT2D eigenvalue weighted by atomic mass is 33.1. The van der Waals surface area contributed by atoms with Gasteiger partial charge in [-0.15, -0.1) is 0 Å². The Hall–Kier alpha value is 1.36. The third-order valence-corrected chi connectivity index (χ3v) is 7.42. The van der Waals surface area contributed by atoms with E-state index < -0.39 is 0 Å². The lowest BCUT2D eigenvalue weighted by Crippen LogP contribution is -1.79. The Balaban J connectivity index is 3.24. The van der Waals surface area contributed by atoms with Crippen molar-refractivity contribution in [3.63, 3.8) is 0 Å². The molecule has 0 fully saturated rings. The summed E-state index contributed by atoms with van der Waals surface area (Å²) in [5.41, 5.74) is 0. The van der Waals surface area contributed by atoms with Crippen LogP contribution in [0.2, 0.25) is 0 Å². The molecule has 15 heavy (non-hydrogen) atoms. The number of hydrogen-bond donors (Lipinski definition) is 0. The Kier molecular flexibility index (Phi) is 12.9. The fourth-order valence-electron chi connectivity index (χ4n) is 0.328. The van der Waals surface area contributed by atoms with Gasteiger partial charge in [0.15, 0.2) is 0 Å². The number of carbonyl (C=O) groups is 2. The monoisotopic (exact) mass is 324 g/mol. The Morgan fingerprint density at radius 3 is 1.67 bits per heavy atom. The molecule has 10 heteroatoms. The van der Waals surface area contributed by atoms with Gasteiger partial charge in [-0.2, -0.15) is 0 Å². The maximum atomic E-state index is 10.9. The molecular weight excluding hydrogens is 316 g/mol. The molecule has 0 aromatic heterocycles. The zero-order valence-electron chi connectivity index (χ0n) is 7.79. The Bertz CT molecular complexity index is 180. The number of hydrogen-bond acceptors (Lipinski definition) is 10. The third-order valence-electron chi connectivity index (χ3n) is 0.653. The van der Waals surface area contributed by atoms with Crippen LogP contribution >= 0.6 is 67.3 Å². The lowest BCUT2D eigenvalue weighted by molar-refractivity contribution is 0.274. The van der Waals surface area contributed by atoms with Gasteiger partial charge in [0.1, 0.15) is 0 Å². The number of carbonyl (C=O) groups excluding carboxylic acids is 2. The van der Waals surface area contributed by atoms with Gasteiger partial charge >= 0.3 is 0 Å². The molecule has 4 nitrogen and oxygen atoms in total. The van der Waals surface area contributed by atoms with E-state index in [0.717, 1.165) is 45.7 Å². The van der Waals surface area contributed by atoms with E-state index in [9.17, 15) is 9.59 Å². The van der Waals surface area contributed by atoms with E-state index in [1.54, 1.807) is 0 Å². The zero-order chi connectivity index (χ0) is 11.5. The summed E-state index contributed by atoms with van der Waals surface area (Å²) in [5.74, 6) is 0. The minimum atomic E-state index is -0.106. The second kappa shape index (κ2) is 11.8. The quantitative estimate of drug-likeness (QED) is 0.301. The molecule has 0 rings (SSSR count). The largest absolute Gasteiger partial charge is 0.311 e. The summed E-state index contributed by atoms with van der Waals surface area (Å²) in [7, 11) is 7.82. The summed E-state index contributed by atoms with van der Waals surface area (Å²) in [6.45, 7) is 0. The van der Waals surface area contributed by atoms with Gasteiger partial charge in [-0.25, -0.2) is 0 Å². The van der Waals surface area contributed by atoms with Crippen molar-refractivity contribution < 1.29 is 18.0 Å². The molecule has 0 radical (unpaired) electrons. The zero-order valence-corrected chi connectivity index (χ0v) is 12.7. The van der Waals surface area contributed by atoms with Gasteiger partial charge in [-0.3, -0.25) is 9.59 Å². The highest BCUT2D eigenvalue weighted by Gasteiger charge is 2.06. The van der Waals surface area contributed by atoms with Crippen molar-refractivity contribution in [2.45, 2.75) is 0 Å². The van der Waals surface area contributed by atoms with Crippen molar-refractivity contribution in [1.82, 2.24) is 0 Å². The molecule has 0 aromatic carbocycles. The van der Waals surface area contributed by atoms with Crippen LogP contribution in [-0.4, -0.2) is 28.2 Å². The van der Waals surface area contributed by atoms with E-state index in [-0.39, 0.29) is 8.89 Å². The molecule has 0 N–H and O–H groups in total. The lowest BCUT2D eigenvalue weighted by atomic mass is 11.8. The van der Waals surface area contributed by atoms with Crippen molar-refractivity contribution in [1.29, 1.82) is 0 Å². The van der Waals surface area contributed by atoms with Gasteiger partial charge in [0.2, 0.25) is 0 Å². The Morgan fingerprint density at radius 2 is 1.33 bits per heavy atom. The summed E-state index contributed by atoms with van der Waals surface area (Å²) in [5, 5.41) is 0.640. The fraction of sp³-hybridized carbons (Fsp3) is 0.600. The molecule has 0 aliphatic carbocycles. The van der Waals surface area contributed by atoms with Crippen LogP contribution in [0, 0.1) is 0 Å². The van der Waals surface area contributed by atoms with Crippen LogP contribution in [0.1, 0.15) is 0 Å². The van der Waals surface area contributed by atoms with E-state index in [4.69, 9.17) is 0 Å². The van der Waals surface area contributed by atoms with Gasteiger partial charge in [0, 0.05) is 0 Å². The van der Waals surface area contributed by atoms with Crippen LogP contribution in [0.5, 0.6) is 0 Å². The van der Waals surface area contributed by atoms with Crippen molar-refractivity contribution >= 4 is 76.2 Å². The fourth-order valence-corrected chi connectivity index (χ4v) is 6.19. The topological polar surface area (TPSA) is 52.6 Å². The maximum absolute atomic E-state index is 10.9. The average molecular weight is 325 g/mol. The molecular formula is C5H8O4S6. The lowest BCUT2D eigenvalue weighted by Gasteiger charge is -1.97. The van der Waals surface area contributed by atoms with Gasteiger partial charge in [0.25, 0.3) is 8.89 Å². The smallest absolute Gasteiger partial charge is 0.283 e. The molecule has 0 spiro atoms. The first-order chi connectivity index (χ1) is 7.20. The van der Waals surface area contributed by atoms with E-state index in [0.29, 0.717) is 5.08 Å². The van der Waals surface area contributed by atoms with Crippen molar-refractivity contribution in [3.05, 3.63) is 0 Å². The van der Waals surface area contributed by atoms with E-state index in [2.05, 4.69) is 8.37 Å². The van der Waals surface area contributed by atoms with Gasteiger partial charge in [0.05, 0.1) is 43.4 Å². The third kappa shape index (κ3) is 11.6. The van der Waals surface area contributed by atoms with E-state index in [1.165, 1.54) is 35.8 Å². The predicted octanol–water partition coefficient (Wildman–Crippen LogP) is 4.54. The maximum Gasteiger partial charge on any atom is 0.283 e. The molecule has 0 saturated heterocycles. The minimum Gasteiger partial charge on any atom is -0.311 e. The molecule has 0 bridgehead atoms. The first-order valence-corrected chi connectivity index (χ1v) is 9.41. The van der Waals surface area contributed by atoms with Crippen molar-refractivity contribution in [2.24, 2.45) is 0 Å². The summed E-state index contributed by atoms with van der Waals surface area (Å²) in [4.78, 5) is 21.8. The molecule has 0 heterocycles. The molecule has 0 unspecified atom stereocenters. The van der Waals surface area contributed by atoms with Crippen LogP contribution in [0.15, 0.2) is 0 Å². The minimum absolute atomic E-state index is 0.106. The summed E-state index contributed by atoms with van der Waals surface area (Å²) in [6.07, 6.45) is 0. The highest BCUT2D eigenvalue weighted by Crippen LogP contribution is 2.37. The SMILES string of the molecule is COSC(=O)SSCSSC(=O)SOC. The van der Waals surface area contributed by atoms with Crippen LogP contribution in [0.3, 0.4) is 0 Å². The first kappa shape index (κ1) is 16.4. The molecule has 0 aromatic rings. The van der Waals surface area contributed by atoms with Crippen molar-refractivity contribution in [3.8, 4) is 0 Å². The highest BCUT2D eigenvalue weighted by molar-refractivity contribution is 8.92. The molecule has 0 atom stereocenters. The molecule has 0 saturated carbocycles. The van der Waals surface area contributed by atoms with Gasteiger partial charge < -0.3 is 8.37 Å². The second-order valence-electron chi connectivity index (χ2n) is 1.52. The first-order valence-electron chi connectivity index (χ1n) is 3.29. The molecule has 0 amide bonds.